The summed E-state index contributed by atoms with van der Waals surface area (Å²) in [6.45, 7) is 1.17. The van der Waals surface area contributed by atoms with Crippen molar-refractivity contribution in [3.63, 3.8) is 0 Å². The van der Waals surface area contributed by atoms with Crippen LogP contribution < -0.4 is 15.8 Å². The van der Waals surface area contributed by atoms with Crippen molar-refractivity contribution in [3.05, 3.63) is 76.6 Å². The Morgan fingerprint density at radius 2 is 1.79 bits per heavy atom. The Kier molecular flexibility index (Phi) is 4.61. The fourth-order valence-electron chi connectivity index (χ4n) is 2.64. The minimum absolute atomic E-state index is 0.237. The number of hydrogen-bond acceptors (Lipinski definition) is 3. The van der Waals surface area contributed by atoms with Gasteiger partial charge >= 0.3 is 0 Å². The molecule has 122 valence electrons. The lowest BCUT2D eigenvalue weighted by Crippen LogP contribution is -2.33. The number of H-pyrrole nitrogens is 1. The number of nitrogens with zero attached hydrogens (tertiary/aromatic N) is 1. The predicted molar refractivity (Wildman–Crippen MR) is 96.6 cm³/mol. The Hall–Kier alpha value is -3.08. The first-order valence-corrected chi connectivity index (χ1v) is 7.81. The zero-order valence-corrected chi connectivity index (χ0v) is 13.5. The molecule has 3 aromatic rings. The standard InChI is InChI=1S/C19H19N3O2/c1-22(14-7-3-2-4-8-14)12-11-20-19(24)16-13-18(23)21-17-10-6-5-9-15(16)17/h2-10,13H,11-12H2,1H3,(H,20,24)(H,21,23). The number of aromatic amines is 1. The molecule has 1 aromatic heterocycles. The normalized spacial score (nSPS) is 10.5. The van der Waals surface area contributed by atoms with Gasteiger partial charge in [-0.1, -0.05) is 36.4 Å². The Labute approximate surface area is 139 Å². The van der Waals surface area contributed by atoms with Crippen LogP contribution in [0.4, 0.5) is 5.69 Å². The predicted octanol–water partition coefficient (Wildman–Crippen LogP) is 2.39. The molecule has 2 N–H and O–H groups in total. The lowest BCUT2D eigenvalue weighted by Gasteiger charge is -2.19. The minimum Gasteiger partial charge on any atom is -0.373 e. The van der Waals surface area contributed by atoms with E-state index in [-0.39, 0.29) is 11.5 Å². The second-order valence-electron chi connectivity index (χ2n) is 5.61. The zero-order chi connectivity index (χ0) is 16.9. The van der Waals surface area contributed by atoms with Crippen LogP contribution in [0.25, 0.3) is 10.9 Å². The second-order valence-corrected chi connectivity index (χ2v) is 5.61. The first-order valence-electron chi connectivity index (χ1n) is 7.81. The molecule has 0 aliphatic rings. The number of likely N-dealkylation sites (N-methyl/N-ethyl adjacent to an activating group) is 1. The van der Waals surface area contributed by atoms with Gasteiger partial charge < -0.3 is 15.2 Å². The van der Waals surface area contributed by atoms with Crippen molar-refractivity contribution in [1.82, 2.24) is 10.3 Å². The van der Waals surface area contributed by atoms with Crippen LogP contribution in [0.1, 0.15) is 10.4 Å². The summed E-state index contributed by atoms with van der Waals surface area (Å²) in [7, 11) is 1.98. The molecule has 0 fully saturated rings. The summed E-state index contributed by atoms with van der Waals surface area (Å²) in [4.78, 5) is 29.0. The molecule has 2 aromatic carbocycles. The summed E-state index contributed by atoms with van der Waals surface area (Å²) < 4.78 is 0. The van der Waals surface area contributed by atoms with Crippen molar-refractivity contribution >= 4 is 22.5 Å². The van der Waals surface area contributed by atoms with E-state index >= 15 is 0 Å². The molecule has 3 rings (SSSR count). The van der Waals surface area contributed by atoms with Gasteiger partial charge in [0, 0.05) is 42.8 Å². The van der Waals surface area contributed by atoms with Crippen molar-refractivity contribution in [2.24, 2.45) is 0 Å². The van der Waals surface area contributed by atoms with E-state index < -0.39 is 0 Å². The molecular weight excluding hydrogens is 302 g/mol. The topological polar surface area (TPSA) is 65.2 Å². The molecule has 1 amide bonds. The van der Waals surface area contributed by atoms with Gasteiger partial charge in [-0.3, -0.25) is 9.59 Å². The fraction of sp³-hybridized carbons (Fsp3) is 0.158. The van der Waals surface area contributed by atoms with E-state index in [1.54, 1.807) is 6.07 Å². The van der Waals surface area contributed by atoms with Gasteiger partial charge in [0.05, 0.1) is 5.56 Å². The van der Waals surface area contributed by atoms with Gasteiger partial charge in [-0.2, -0.15) is 0 Å². The quantitative estimate of drug-likeness (QED) is 0.758. The number of amides is 1. The van der Waals surface area contributed by atoms with Crippen LogP contribution in [0.3, 0.4) is 0 Å². The molecule has 0 atom stereocenters. The van der Waals surface area contributed by atoms with Gasteiger partial charge in [-0.25, -0.2) is 0 Å². The second kappa shape index (κ2) is 7.00. The zero-order valence-electron chi connectivity index (χ0n) is 13.5. The van der Waals surface area contributed by atoms with E-state index in [0.29, 0.717) is 24.2 Å². The van der Waals surface area contributed by atoms with E-state index in [0.717, 1.165) is 11.1 Å². The molecule has 0 spiro atoms. The maximum Gasteiger partial charge on any atom is 0.252 e. The SMILES string of the molecule is CN(CCNC(=O)c1cc(=O)[nH]c2ccccc12)c1ccccc1. The number of hydrogen-bond donors (Lipinski definition) is 2. The number of aromatic nitrogens is 1. The highest BCUT2D eigenvalue weighted by Gasteiger charge is 2.11. The average Bonchev–Trinajstić information content (AvgIpc) is 2.61. The van der Waals surface area contributed by atoms with Crippen LogP contribution in [0.5, 0.6) is 0 Å². The number of carbonyl (C=O) groups is 1. The highest BCUT2D eigenvalue weighted by Crippen LogP contribution is 2.14. The van der Waals surface area contributed by atoms with E-state index in [1.807, 2.05) is 55.6 Å². The van der Waals surface area contributed by atoms with Crippen molar-refractivity contribution in [1.29, 1.82) is 0 Å². The lowest BCUT2D eigenvalue weighted by atomic mass is 10.1. The van der Waals surface area contributed by atoms with Crippen molar-refractivity contribution < 1.29 is 4.79 Å². The third-order valence-corrected chi connectivity index (χ3v) is 3.92. The number of carbonyl (C=O) groups excluding carboxylic acids is 1. The third kappa shape index (κ3) is 3.46. The molecule has 5 nitrogen and oxygen atoms in total. The van der Waals surface area contributed by atoms with Crippen molar-refractivity contribution in [3.8, 4) is 0 Å². The van der Waals surface area contributed by atoms with Crippen LogP contribution in [-0.2, 0) is 0 Å². The van der Waals surface area contributed by atoms with Crippen molar-refractivity contribution in [2.75, 3.05) is 25.0 Å². The van der Waals surface area contributed by atoms with E-state index in [2.05, 4.69) is 15.2 Å². The van der Waals surface area contributed by atoms with E-state index in [4.69, 9.17) is 0 Å². The van der Waals surface area contributed by atoms with Gasteiger partial charge in [-0.05, 0) is 18.2 Å². The highest BCUT2D eigenvalue weighted by molar-refractivity contribution is 6.05. The molecular formula is C19H19N3O2. The van der Waals surface area contributed by atoms with E-state index in [9.17, 15) is 9.59 Å². The maximum absolute atomic E-state index is 12.4. The summed E-state index contributed by atoms with van der Waals surface area (Å²) in [5.41, 5.74) is 1.88. The summed E-state index contributed by atoms with van der Waals surface area (Å²) in [5.74, 6) is -0.237. The molecule has 0 saturated carbocycles. The summed E-state index contributed by atoms with van der Waals surface area (Å²) in [5, 5.41) is 3.63. The number of anilines is 1. The molecule has 0 aliphatic carbocycles. The average molecular weight is 321 g/mol. The number of para-hydroxylation sites is 2. The van der Waals surface area contributed by atoms with Crippen molar-refractivity contribution in [2.45, 2.75) is 0 Å². The first-order chi connectivity index (χ1) is 11.6. The smallest absolute Gasteiger partial charge is 0.252 e. The number of benzene rings is 2. The first kappa shape index (κ1) is 15.8. The number of pyridine rings is 1. The maximum atomic E-state index is 12.4. The molecule has 0 saturated heterocycles. The number of nitrogens with one attached hydrogen (secondary N) is 2. The Bertz CT molecular complexity index is 903. The lowest BCUT2D eigenvalue weighted by molar-refractivity contribution is 0.0956. The molecule has 0 aliphatic heterocycles. The molecule has 1 heterocycles. The Morgan fingerprint density at radius 1 is 1.08 bits per heavy atom. The molecule has 24 heavy (non-hydrogen) atoms. The van der Waals surface area contributed by atoms with Crippen LogP contribution in [0, 0.1) is 0 Å². The van der Waals surface area contributed by atoms with Gasteiger partial charge in [0.15, 0.2) is 0 Å². The molecule has 0 bridgehead atoms. The summed E-state index contributed by atoms with van der Waals surface area (Å²) >= 11 is 0. The number of fused-ring (bicyclic) bond motifs is 1. The monoisotopic (exact) mass is 321 g/mol. The highest BCUT2D eigenvalue weighted by atomic mass is 16.2. The van der Waals surface area contributed by atoms with Gasteiger partial charge in [-0.15, -0.1) is 0 Å². The Morgan fingerprint density at radius 3 is 2.58 bits per heavy atom. The third-order valence-electron chi connectivity index (χ3n) is 3.92. The van der Waals surface area contributed by atoms with Crippen LogP contribution >= 0.6 is 0 Å². The van der Waals surface area contributed by atoms with Crippen LogP contribution in [-0.4, -0.2) is 31.0 Å². The minimum atomic E-state index is -0.278. The van der Waals surface area contributed by atoms with Crippen LogP contribution in [0.2, 0.25) is 0 Å². The van der Waals surface area contributed by atoms with Gasteiger partial charge in [0.1, 0.15) is 0 Å². The Balaban J connectivity index is 1.69. The van der Waals surface area contributed by atoms with E-state index in [1.165, 1.54) is 6.07 Å². The molecule has 0 unspecified atom stereocenters. The largest absolute Gasteiger partial charge is 0.373 e. The summed E-state index contributed by atoms with van der Waals surface area (Å²) in [6, 6.07) is 18.6. The fourth-order valence-corrected chi connectivity index (χ4v) is 2.64. The number of rotatable bonds is 5. The summed E-state index contributed by atoms with van der Waals surface area (Å²) in [6.07, 6.45) is 0. The molecule has 0 radical (unpaired) electrons. The van der Waals surface area contributed by atoms with Gasteiger partial charge in [0.2, 0.25) is 5.56 Å². The molecule has 5 heteroatoms. The van der Waals surface area contributed by atoms with Crippen LogP contribution in [0.15, 0.2) is 65.5 Å². The van der Waals surface area contributed by atoms with Gasteiger partial charge in [0.25, 0.3) is 5.91 Å².